The minimum Gasteiger partial charge on any atom is -0.351 e. The van der Waals surface area contributed by atoms with Gasteiger partial charge in [-0.1, -0.05) is 26.0 Å². The zero-order valence-electron chi connectivity index (χ0n) is 16.5. The number of hydrogen-bond acceptors (Lipinski definition) is 3. The molecule has 0 spiro atoms. The molecule has 2 aliphatic rings. The molecule has 4 rings (SSSR count). The van der Waals surface area contributed by atoms with Gasteiger partial charge in [-0.3, -0.25) is 4.79 Å². The fraction of sp³-hybridized carbons (Fsp3) is 0.550. The summed E-state index contributed by atoms with van der Waals surface area (Å²) >= 11 is 0. The lowest BCUT2D eigenvalue weighted by atomic mass is 10.0. The van der Waals surface area contributed by atoms with Gasteiger partial charge in [0.25, 0.3) is 16.1 Å². The largest absolute Gasteiger partial charge is 0.351 e. The maximum atomic E-state index is 12.9. The van der Waals surface area contributed by atoms with Gasteiger partial charge in [0.05, 0.1) is 0 Å². The van der Waals surface area contributed by atoms with Crippen molar-refractivity contribution in [2.45, 2.75) is 32.6 Å². The van der Waals surface area contributed by atoms with Crippen molar-refractivity contribution in [2.24, 2.45) is 0 Å². The Morgan fingerprint density at radius 2 is 1.61 bits per heavy atom. The first-order chi connectivity index (χ1) is 13.4. The number of aromatic amines is 1. The SMILES string of the molecule is CC(C)c1ccc2cc(C(=O)N3CCN(S(=O)(=O)N4CCCC4)CC3)[nH]c2c1. The smallest absolute Gasteiger partial charge is 0.282 e. The molecule has 0 bridgehead atoms. The van der Waals surface area contributed by atoms with E-state index >= 15 is 0 Å². The van der Waals surface area contributed by atoms with Crippen LogP contribution in [0, 0.1) is 0 Å². The summed E-state index contributed by atoms with van der Waals surface area (Å²) in [5, 5.41) is 1.02. The molecular formula is C20H28N4O3S. The third-order valence-electron chi connectivity index (χ3n) is 5.79. The molecule has 2 aliphatic heterocycles. The number of fused-ring (bicyclic) bond motifs is 1. The van der Waals surface area contributed by atoms with Crippen LogP contribution in [0.1, 0.15) is 48.7 Å². The number of H-pyrrole nitrogens is 1. The van der Waals surface area contributed by atoms with Crippen LogP contribution in [0.2, 0.25) is 0 Å². The highest BCUT2D eigenvalue weighted by atomic mass is 32.2. The first-order valence-electron chi connectivity index (χ1n) is 10.0. The van der Waals surface area contributed by atoms with Crippen molar-refractivity contribution >= 4 is 27.0 Å². The van der Waals surface area contributed by atoms with E-state index in [0.717, 1.165) is 23.7 Å². The van der Waals surface area contributed by atoms with Crippen LogP contribution in [0.25, 0.3) is 10.9 Å². The normalized spacial score (nSPS) is 19.8. The number of amides is 1. The van der Waals surface area contributed by atoms with E-state index in [1.807, 2.05) is 12.1 Å². The Morgan fingerprint density at radius 1 is 0.964 bits per heavy atom. The van der Waals surface area contributed by atoms with E-state index < -0.39 is 10.2 Å². The standard InChI is InChI=1S/C20H28N4O3S/c1-15(2)16-5-6-17-14-19(21-18(17)13-16)20(25)22-9-11-24(12-10-22)28(26,27)23-7-3-4-8-23/h5-6,13-15,21H,3-4,7-12H2,1-2H3. The number of hydrogen-bond donors (Lipinski definition) is 1. The number of nitrogens with one attached hydrogen (secondary N) is 1. The summed E-state index contributed by atoms with van der Waals surface area (Å²) < 4.78 is 28.4. The number of benzene rings is 1. The van der Waals surface area contributed by atoms with E-state index in [1.165, 1.54) is 9.87 Å². The van der Waals surface area contributed by atoms with Gasteiger partial charge in [0.2, 0.25) is 0 Å². The molecular weight excluding hydrogens is 376 g/mol. The van der Waals surface area contributed by atoms with Crippen molar-refractivity contribution in [1.29, 1.82) is 0 Å². The molecule has 2 saturated heterocycles. The highest BCUT2D eigenvalue weighted by Gasteiger charge is 2.35. The maximum Gasteiger partial charge on any atom is 0.282 e. The van der Waals surface area contributed by atoms with E-state index in [4.69, 9.17) is 0 Å². The Labute approximate surface area is 166 Å². The van der Waals surface area contributed by atoms with Gasteiger partial charge in [0, 0.05) is 50.2 Å². The number of piperazine rings is 1. The van der Waals surface area contributed by atoms with Gasteiger partial charge in [-0.15, -0.1) is 0 Å². The molecule has 0 unspecified atom stereocenters. The lowest BCUT2D eigenvalue weighted by molar-refractivity contribution is 0.0689. The number of carbonyl (C=O) groups is 1. The zero-order valence-corrected chi connectivity index (χ0v) is 17.3. The average molecular weight is 405 g/mol. The molecule has 7 nitrogen and oxygen atoms in total. The molecule has 28 heavy (non-hydrogen) atoms. The molecule has 2 fully saturated rings. The first kappa shape index (κ1) is 19.4. The van der Waals surface area contributed by atoms with Gasteiger partial charge in [-0.25, -0.2) is 0 Å². The molecule has 8 heteroatoms. The molecule has 0 saturated carbocycles. The molecule has 1 aromatic carbocycles. The van der Waals surface area contributed by atoms with Crippen molar-refractivity contribution in [2.75, 3.05) is 39.3 Å². The van der Waals surface area contributed by atoms with Crippen LogP contribution < -0.4 is 0 Å². The van der Waals surface area contributed by atoms with Gasteiger partial charge >= 0.3 is 0 Å². The zero-order chi connectivity index (χ0) is 19.9. The molecule has 1 amide bonds. The van der Waals surface area contributed by atoms with E-state index in [2.05, 4.69) is 31.0 Å². The first-order valence-corrected chi connectivity index (χ1v) is 11.4. The van der Waals surface area contributed by atoms with E-state index in [9.17, 15) is 13.2 Å². The predicted octanol–water partition coefficient (Wildman–Crippen LogP) is 2.39. The molecule has 0 atom stereocenters. The number of carbonyl (C=O) groups excluding carboxylic acids is 1. The van der Waals surface area contributed by atoms with Gasteiger partial charge in [-0.2, -0.15) is 17.0 Å². The van der Waals surface area contributed by atoms with Crippen LogP contribution in [0.4, 0.5) is 0 Å². The Hall–Kier alpha value is -1.90. The third-order valence-corrected chi connectivity index (χ3v) is 7.82. The Kier molecular flexibility index (Phi) is 5.20. The van der Waals surface area contributed by atoms with Crippen LogP contribution >= 0.6 is 0 Å². The lowest BCUT2D eigenvalue weighted by Crippen LogP contribution is -2.53. The highest BCUT2D eigenvalue weighted by molar-refractivity contribution is 7.86. The van der Waals surface area contributed by atoms with Crippen molar-refractivity contribution in [3.8, 4) is 0 Å². The quantitative estimate of drug-likeness (QED) is 0.850. The second kappa shape index (κ2) is 7.50. The summed E-state index contributed by atoms with van der Waals surface area (Å²) in [6, 6.07) is 8.11. The third kappa shape index (κ3) is 3.56. The molecule has 0 aliphatic carbocycles. The summed E-state index contributed by atoms with van der Waals surface area (Å²) in [6.45, 7) is 7.03. The Morgan fingerprint density at radius 3 is 2.25 bits per heavy atom. The molecule has 152 valence electrons. The van der Waals surface area contributed by atoms with Crippen LogP contribution in [0.15, 0.2) is 24.3 Å². The minimum absolute atomic E-state index is 0.0690. The molecule has 1 N–H and O–H groups in total. The lowest BCUT2D eigenvalue weighted by Gasteiger charge is -2.35. The van der Waals surface area contributed by atoms with Crippen molar-refractivity contribution < 1.29 is 13.2 Å². The summed E-state index contributed by atoms with van der Waals surface area (Å²) in [5.74, 6) is 0.359. The molecule has 1 aromatic heterocycles. The summed E-state index contributed by atoms with van der Waals surface area (Å²) in [4.78, 5) is 17.9. The number of aromatic nitrogens is 1. The van der Waals surface area contributed by atoms with E-state index in [1.54, 1.807) is 9.21 Å². The van der Waals surface area contributed by atoms with Gasteiger partial charge in [-0.05, 0) is 36.5 Å². The monoisotopic (exact) mass is 404 g/mol. The predicted molar refractivity (Wildman–Crippen MR) is 110 cm³/mol. The van der Waals surface area contributed by atoms with Crippen LogP contribution in [0.3, 0.4) is 0 Å². The molecule has 0 radical (unpaired) electrons. The van der Waals surface area contributed by atoms with Gasteiger partial charge in [0.1, 0.15) is 5.69 Å². The van der Waals surface area contributed by atoms with Crippen LogP contribution in [0.5, 0.6) is 0 Å². The van der Waals surface area contributed by atoms with Crippen molar-refractivity contribution in [3.05, 3.63) is 35.5 Å². The van der Waals surface area contributed by atoms with Gasteiger partial charge in [0.15, 0.2) is 0 Å². The van der Waals surface area contributed by atoms with E-state index in [-0.39, 0.29) is 5.91 Å². The topological polar surface area (TPSA) is 76.7 Å². The van der Waals surface area contributed by atoms with E-state index in [0.29, 0.717) is 50.9 Å². The second-order valence-electron chi connectivity index (χ2n) is 7.99. The Bertz CT molecular complexity index is 968. The average Bonchev–Trinajstić information content (AvgIpc) is 3.37. The second-order valence-corrected chi connectivity index (χ2v) is 9.92. The maximum absolute atomic E-state index is 12.9. The molecule has 3 heterocycles. The summed E-state index contributed by atoms with van der Waals surface area (Å²) in [5.41, 5.74) is 2.76. The van der Waals surface area contributed by atoms with Crippen molar-refractivity contribution in [1.82, 2.24) is 18.5 Å². The summed E-state index contributed by atoms with van der Waals surface area (Å²) in [7, 11) is -3.39. The van der Waals surface area contributed by atoms with Crippen molar-refractivity contribution in [3.63, 3.8) is 0 Å². The highest BCUT2D eigenvalue weighted by Crippen LogP contribution is 2.23. The fourth-order valence-electron chi connectivity index (χ4n) is 3.99. The molecule has 2 aromatic rings. The number of nitrogens with zero attached hydrogens (tertiary/aromatic N) is 3. The fourth-order valence-corrected chi connectivity index (χ4v) is 5.66. The van der Waals surface area contributed by atoms with Crippen LogP contribution in [-0.4, -0.2) is 72.1 Å². The minimum atomic E-state index is -3.39. The Balaban J connectivity index is 1.44. The summed E-state index contributed by atoms with van der Waals surface area (Å²) in [6.07, 6.45) is 1.85. The number of rotatable bonds is 4. The van der Waals surface area contributed by atoms with Gasteiger partial charge < -0.3 is 9.88 Å². The van der Waals surface area contributed by atoms with Crippen LogP contribution in [-0.2, 0) is 10.2 Å².